The minimum absolute atomic E-state index is 0.128. The Morgan fingerprint density at radius 3 is 2.62 bits per heavy atom. The van der Waals surface area contributed by atoms with E-state index in [0.29, 0.717) is 32.9 Å². The number of ketones is 1. The van der Waals surface area contributed by atoms with Crippen molar-refractivity contribution in [3.8, 4) is 0 Å². The molecule has 26 heavy (non-hydrogen) atoms. The van der Waals surface area contributed by atoms with Gasteiger partial charge in [-0.1, -0.05) is 29.3 Å². The van der Waals surface area contributed by atoms with Crippen molar-refractivity contribution in [3.05, 3.63) is 75.8 Å². The number of benzene rings is 1. The Kier molecular flexibility index (Phi) is 5.78. The number of hydrogen-bond acceptors (Lipinski definition) is 6. The highest BCUT2D eigenvalue weighted by atomic mass is 35.5. The summed E-state index contributed by atoms with van der Waals surface area (Å²) in [5, 5.41) is 12.8. The van der Waals surface area contributed by atoms with Gasteiger partial charge in [0.1, 0.15) is 11.6 Å². The van der Waals surface area contributed by atoms with Crippen molar-refractivity contribution in [2.45, 2.75) is 13.0 Å². The van der Waals surface area contributed by atoms with Crippen LogP contribution >= 0.6 is 23.2 Å². The number of nitrogens with zero attached hydrogens (tertiary/aromatic N) is 3. The van der Waals surface area contributed by atoms with Crippen LogP contribution in [-0.4, -0.2) is 25.8 Å². The van der Waals surface area contributed by atoms with Crippen LogP contribution < -0.4 is 5.32 Å². The van der Waals surface area contributed by atoms with E-state index < -0.39 is 0 Å². The monoisotopic (exact) mass is 388 g/mol. The number of aliphatic hydroxyl groups excluding tert-OH is 1. The lowest BCUT2D eigenvalue weighted by atomic mass is 10.0. The van der Waals surface area contributed by atoms with Crippen LogP contribution in [0.4, 0.5) is 11.6 Å². The molecule has 0 unspecified atom stereocenters. The van der Waals surface area contributed by atoms with Crippen LogP contribution in [0.3, 0.4) is 0 Å². The maximum atomic E-state index is 12.5. The summed E-state index contributed by atoms with van der Waals surface area (Å²) in [6.07, 6.45) is 4.70. The molecule has 0 radical (unpaired) electrons. The molecule has 0 saturated heterocycles. The number of hydrogen-bond donors (Lipinski definition) is 2. The first-order chi connectivity index (χ1) is 12.6. The van der Waals surface area contributed by atoms with Crippen LogP contribution in [0.15, 0.2) is 48.9 Å². The standard InChI is InChI=1S/C18H14Cl2N4O2/c19-13-2-1-3-14(20)18(13)15(26)6-11-4-5-22-16(7-11)24-17-9-21-8-12(10-25)23-17/h1-5,7-9,25H,6,10H2,(H,22,23,24). The first-order valence-corrected chi connectivity index (χ1v) is 8.43. The second-order valence-corrected chi connectivity index (χ2v) is 6.24. The molecule has 0 saturated carbocycles. The topological polar surface area (TPSA) is 88.0 Å². The van der Waals surface area contributed by atoms with Gasteiger partial charge in [-0.15, -0.1) is 0 Å². The molecule has 2 heterocycles. The zero-order valence-corrected chi connectivity index (χ0v) is 15.0. The van der Waals surface area contributed by atoms with E-state index in [-0.39, 0.29) is 18.8 Å². The van der Waals surface area contributed by atoms with Crippen molar-refractivity contribution >= 4 is 40.6 Å². The molecule has 0 aliphatic carbocycles. The molecule has 0 bridgehead atoms. The molecule has 0 aliphatic heterocycles. The summed E-state index contributed by atoms with van der Waals surface area (Å²) in [5.41, 5.74) is 1.49. The van der Waals surface area contributed by atoms with Crippen molar-refractivity contribution in [2.24, 2.45) is 0 Å². The Morgan fingerprint density at radius 2 is 1.88 bits per heavy atom. The lowest BCUT2D eigenvalue weighted by molar-refractivity contribution is 0.0993. The van der Waals surface area contributed by atoms with E-state index in [1.165, 1.54) is 12.4 Å². The van der Waals surface area contributed by atoms with Crippen molar-refractivity contribution in [1.29, 1.82) is 0 Å². The number of anilines is 2. The number of aromatic nitrogens is 3. The van der Waals surface area contributed by atoms with Gasteiger partial charge in [-0.2, -0.15) is 0 Å². The average Bonchev–Trinajstić information content (AvgIpc) is 2.62. The molecule has 0 atom stereocenters. The third-order valence-electron chi connectivity index (χ3n) is 3.53. The summed E-state index contributed by atoms with van der Waals surface area (Å²) in [7, 11) is 0. The minimum Gasteiger partial charge on any atom is -0.390 e. The molecular weight excluding hydrogens is 375 g/mol. The molecule has 0 fully saturated rings. The highest BCUT2D eigenvalue weighted by Gasteiger charge is 2.15. The van der Waals surface area contributed by atoms with E-state index in [4.69, 9.17) is 28.3 Å². The Morgan fingerprint density at radius 1 is 1.12 bits per heavy atom. The fourth-order valence-corrected chi connectivity index (χ4v) is 2.97. The quantitative estimate of drug-likeness (QED) is 0.623. The van der Waals surface area contributed by atoms with E-state index in [9.17, 15) is 4.79 Å². The molecule has 0 spiro atoms. The van der Waals surface area contributed by atoms with Gasteiger partial charge in [0.25, 0.3) is 0 Å². The predicted molar refractivity (Wildman–Crippen MR) is 100.0 cm³/mol. The zero-order valence-electron chi connectivity index (χ0n) is 13.5. The van der Waals surface area contributed by atoms with Gasteiger partial charge in [0.2, 0.25) is 0 Å². The number of carbonyl (C=O) groups excluding carboxylic acids is 1. The number of pyridine rings is 1. The van der Waals surface area contributed by atoms with Crippen molar-refractivity contribution in [1.82, 2.24) is 15.0 Å². The van der Waals surface area contributed by atoms with Crippen molar-refractivity contribution in [3.63, 3.8) is 0 Å². The van der Waals surface area contributed by atoms with Crippen molar-refractivity contribution < 1.29 is 9.90 Å². The molecule has 0 aliphatic rings. The molecule has 0 amide bonds. The highest BCUT2D eigenvalue weighted by Crippen LogP contribution is 2.26. The van der Waals surface area contributed by atoms with E-state index in [0.717, 1.165) is 5.56 Å². The van der Waals surface area contributed by atoms with Gasteiger partial charge in [0.05, 0.1) is 40.3 Å². The molecule has 132 valence electrons. The summed E-state index contributed by atoms with van der Waals surface area (Å²) in [6, 6.07) is 8.43. The summed E-state index contributed by atoms with van der Waals surface area (Å²) in [4.78, 5) is 24.9. The Labute approximate surface area is 159 Å². The van der Waals surface area contributed by atoms with Crippen LogP contribution in [0.2, 0.25) is 10.0 Å². The highest BCUT2D eigenvalue weighted by molar-refractivity contribution is 6.39. The summed E-state index contributed by atoms with van der Waals surface area (Å²) in [6.45, 7) is -0.205. The number of halogens is 2. The molecule has 3 aromatic rings. The summed E-state index contributed by atoms with van der Waals surface area (Å²) >= 11 is 12.2. The van der Waals surface area contributed by atoms with Crippen molar-refractivity contribution in [2.75, 3.05) is 5.32 Å². The van der Waals surface area contributed by atoms with E-state index in [1.54, 1.807) is 36.5 Å². The number of carbonyl (C=O) groups is 1. The smallest absolute Gasteiger partial charge is 0.170 e. The average molecular weight is 389 g/mol. The first-order valence-electron chi connectivity index (χ1n) is 7.68. The van der Waals surface area contributed by atoms with E-state index >= 15 is 0 Å². The van der Waals surface area contributed by atoms with Crippen LogP contribution in [0.5, 0.6) is 0 Å². The first kappa shape index (κ1) is 18.3. The van der Waals surface area contributed by atoms with Crippen LogP contribution in [0.1, 0.15) is 21.6 Å². The molecule has 3 rings (SSSR count). The number of aliphatic hydroxyl groups is 1. The zero-order chi connectivity index (χ0) is 18.5. The van der Waals surface area contributed by atoms with Crippen LogP contribution in [0.25, 0.3) is 0 Å². The summed E-state index contributed by atoms with van der Waals surface area (Å²) in [5.74, 6) is 0.770. The van der Waals surface area contributed by atoms with Gasteiger partial charge in [0, 0.05) is 12.6 Å². The third kappa shape index (κ3) is 4.35. The fourth-order valence-electron chi connectivity index (χ4n) is 2.36. The molecule has 6 nitrogen and oxygen atoms in total. The molecule has 2 N–H and O–H groups in total. The number of rotatable bonds is 6. The molecular formula is C18H14Cl2N4O2. The van der Waals surface area contributed by atoms with Gasteiger partial charge >= 0.3 is 0 Å². The maximum absolute atomic E-state index is 12.5. The largest absolute Gasteiger partial charge is 0.390 e. The normalized spacial score (nSPS) is 10.6. The second kappa shape index (κ2) is 8.23. The van der Waals surface area contributed by atoms with E-state index in [1.807, 2.05) is 0 Å². The molecule has 1 aromatic carbocycles. The lowest BCUT2D eigenvalue weighted by Crippen LogP contribution is -2.06. The summed E-state index contributed by atoms with van der Waals surface area (Å²) < 4.78 is 0. The van der Waals surface area contributed by atoms with Crippen LogP contribution in [0, 0.1) is 0 Å². The Balaban J connectivity index is 1.78. The fraction of sp³-hybridized carbons (Fsp3) is 0.111. The van der Waals surface area contributed by atoms with Gasteiger partial charge in [-0.25, -0.2) is 9.97 Å². The molecule has 8 heteroatoms. The Bertz CT molecular complexity index is 930. The lowest BCUT2D eigenvalue weighted by Gasteiger charge is -2.08. The molecule has 2 aromatic heterocycles. The third-order valence-corrected chi connectivity index (χ3v) is 4.16. The maximum Gasteiger partial charge on any atom is 0.170 e. The SMILES string of the molecule is O=C(Cc1ccnc(Nc2cncc(CO)n2)c1)c1c(Cl)cccc1Cl. The second-order valence-electron chi connectivity index (χ2n) is 5.42. The van der Waals surface area contributed by atoms with Gasteiger partial charge in [0.15, 0.2) is 5.78 Å². The number of nitrogens with one attached hydrogen (secondary N) is 1. The predicted octanol–water partition coefficient (Wildman–Crippen LogP) is 3.84. The van der Waals surface area contributed by atoms with Gasteiger partial charge in [-0.05, 0) is 29.8 Å². The van der Waals surface area contributed by atoms with Gasteiger partial charge < -0.3 is 10.4 Å². The van der Waals surface area contributed by atoms with E-state index in [2.05, 4.69) is 20.3 Å². The minimum atomic E-state index is -0.205. The number of Topliss-reactive ketones (excluding diaryl/α,β-unsaturated/α-hetero) is 1. The Hall–Kier alpha value is -2.54. The van der Waals surface area contributed by atoms with Gasteiger partial charge in [-0.3, -0.25) is 9.78 Å². The van der Waals surface area contributed by atoms with Crippen LogP contribution in [-0.2, 0) is 13.0 Å².